The van der Waals surface area contributed by atoms with Crippen LogP contribution in [0.1, 0.15) is 11.1 Å². The van der Waals surface area contributed by atoms with Gasteiger partial charge in [0.25, 0.3) is 0 Å². The predicted octanol–water partition coefficient (Wildman–Crippen LogP) is 2.37. The molecule has 0 bridgehead atoms. The Kier molecular flexibility index (Phi) is 2.43. The Hall–Kier alpha value is -0.648. The van der Waals surface area contributed by atoms with E-state index in [0.29, 0.717) is 5.69 Å². The summed E-state index contributed by atoms with van der Waals surface area (Å²) in [5, 5.41) is 9.41. The second-order valence-electron chi connectivity index (χ2n) is 2.54. The van der Waals surface area contributed by atoms with E-state index in [1.54, 1.807) is 0 Å². The number of hydrogen-bond donors (Lipinski definition) is 1. The van der Waals surface area contributed by atoms with E-state index in [4.69, 9.17) is 0 Å². The van der Waals surface area contributed by atoms with E-state index < -0.39 is 0 Å². The minimum absolute atomic E-state index is 0.259. The van der Waals surface area contributed by atoms with Gasteiger partial charge < -0.3 is 0 Å². The number of hydrogen-bond acceptors (Lipinski definition) is 2. The van der Waals surface area contributed by atoms with Gasteiger partial charge in [0.15, 0.2) is 0 Å². The number of aromatic hydroxyl groups is 1. The van der Waals surface area contributed by atoms with Gasteiger partial charge in [-0.25, -0.2) is 0 Å². The van der Waals surface area contributed by atoms with Gasteiger partial charge in [0.05, 0.1) is 0 Å². The molecule has 0 aliphatic heterocycles. The van der Waals surface area contributed by atoms with Crippen molar-refractivity contribution in [3.05, 3.63) is 23.3 Å². The van der Waals surface area contributed by atoms with E-state index in [1.165, 1.54) is 0 Å². The van der Waals surface area contributed by atoms with E-state index in [2.05, 4.69) is 20.0 Å². The van der Waals surface area contributed by atoms with E-state index in [1.807, 2.05) is 26.0 Å². The number of phenolic OH excluding ortho intramolecular Hbond substituents is 1. The van der Waals surface area contributed by atoms with Gasteiger partial charge in [-0.15, -0.1) is 0 Å². The molecule has 58 valence electrons. The third kappa shape index (κ3) is 1.68. The molecule has 11 heavy (non-hydrogen) atoms. The molecule has 0 spiro atoms. The number of nitrogens with zero attached hydrogens (tertiary/aromatic N) is 1. The molecule has 3 heteroatoms. The van der Waals surface area contributed by atoms with Crippen molar-refractivity contribution >= 4 is 5.69 Å². The van der Waals surface area contributed by atoms with Gasteiger partial charge in [0, 0.05) is 0 Å². The van der Waals surface area contributed by atoms with Gasteiger partial charge in [-0.3, -0.25) is 0 Å². The maximum atomic E-state index is 9.41. The van der Waals surface area contributed by atoms with Crippen LogP contribution in [0.3, 0.4) is 0 Å². The molecule has 0 saturated heterocycles. The van der Waals surface area contributed by atoms with Gasteiger partial charge >= 0.3 is 73.7 Å². The minimum atomic E-state index is 0.259. The van der Waals surface area contributed by atoms with Crippen molar-refractivity contribution in [1.82, 2.24) is 0 Å². The van der Waals surface area contributed by atoms with Gasteiger partial charge in [0.2, 0.25) is 0 Å². The number of aryl methyl sites for hydroxylation is 2. The van der Waals surface area contributed by atoms with Crippen LogP contribution >= 0.6 is 0 Å². The van der Waals surface area contributed by atoms with E-state index in [-0.39, 0.29) is 5.75 Å². The summed E-state index contributed by atoms with van der Waals surface area (Å²) in [6.07, 6.45) is 0. The van der Waals surface area contributed by atoms with Gasteiger partial charge in [-0.05, 0) is 0 Å². The van der Waals surface area contributed by atoms with Crippen LogP contribution in [-0.4, -0.2) is 5.11 Å². The summed E-state index contributed by atoms with van der Waals surface area (Å²) < 4.78 is 3.82. The molecule has 0 fully saturated rings. The molecule has 2 nitrogen and oxygen atoms in total. The molecule has 1 N–H and O–H groups in total. The fourth-order valence-electron chi connectivity index (χ4n) is 1.01. The summed E-state index contributed by atoms with van der Waals surface area (Å²) in [6.45, 7) is 3.83. The van der Waals surface area contributed by atoms with Crippen LogP contribution in [0.4, 0.5) is 5.69 Å². The Bertz CT molecular complexity index is 296. The van der Waals surface area contributed by atoms with Crippen LogP contribution in [0.2, 0.25) is 0 Å². The second kappa shape index (κ2) is 3.17. The molecule has 0 radical (unpaired) electrons. The number of benzene rings is 1. The molecule has 0 unspecified atom stereocenters. The van der Waals surface area contributed by atoms with Gasteiger partial charge in [-0.2, -0.15) is 0 Å². The third-order valence-electron chi connectivity index (χ3n) is 1.52. The van der Waals surface area contributed by atoms with Crippen molar-refractivity contribution < 1.29 is 21.2 Å². The topological polar surface area (TPSA) is 32.6 Å². The molecule has 0 aromatic heterocycles. The van der Waals surface area contributed by atoms with Crippen molar-refractivity contribution in [1.29, 1.82) is 0 Å². The molecular weight excluding hydrogens is 178 g/mol. The Labute approximate surface area is 74.1 Å². The summed E-state index contributed by atoms with van der Waals surface area (Å²) >= 11 is 2.52. The third-order valence-corrected chi connectivity index (χ3v) is 1.83. The van der Waals surface area contributed by atoms with Crippen LogP contribution in [0.25, 0.3) is 0 Å². The summed E-state index contributed by atoms with van der Waals surface area (Å²) in [4.78, 5) is 0. The Morgan fingerprint density at radius 1 is 1.36 bits per heavy atom. The standard InChI is InChI=1S/C8H9NO.Cr/c1-5-3-6(2)8(10)7(9)4-5;/h3-4,10H,1-2H3;. The molecule has 0 atom stereocenters. The monoisotopic (exact) mass is 187 g/mol. The predicted molar refractivity (Wildman–Crippen MR) is 39.7 cm³/mol. The normalized spacial score (nSPS) is 9.64. The first-order valence-electron chi connectivity index (χ1n) is 3.28. The van der Waals surface area contributed by atoms with Crippen LogP contribution in [0.15, 0.2) is 16.1 Å². The molecule has 1 aromatic rings. The van der Waals surface area contributed by atoms with Gasteiger partial charge in [-0.1, -0.05) is 0 Å². The second-order valence-corrected chi connectivity index (χ2v) is 2.83. The van der Waals surface area contributed by atoms with Crippen molar-refractivity contribution in [3.63, 3.8) is 0 Å². The Morgan fingerprint density at radius 3 is 2.55 bits per heavy atom. The van der Waals surface area contributed by atoms with Crippen molar-refractivity contribution in [2.24, 2.45) is 3.93 Å². The summed E-state index contributed by atoms with van der Waals surface area (Å²) in [7, 11) is 0. The first-order chi connectivity index (χ1) is 5.15. The van der Waals surface area contributed by atoms with E-state index >= 15 is 0 Å². The fraction of sp³-hybridized carbons (Fsp3) is 0.250. The van der Waals surface area contributed by atoms with E-state index in [0.717, 1.165) is 11.1 Å². The SMILES string of the molecule is Cc1cc(C)c(O)c([N]=[Cr])c1. The van der Waals surface area contributed by atoms with Crippen LogP contribution < -0.4 is 0 Å². The quantitative estimate of drug-likeness (QED) is 0.719. The average Bonchev–Trinajstić information content (AvgIpc) is 1.96. The number of rotatable bonds is 1. The first kappa shape index (κ1) is 8.45. The van der Waals surface area contributed by atoms with Crippen LogP contribution in [-0.2, 0) is 16.1 Å². The van der Waals surface area contributed by atoms with Crippen molar-refractivity contribution in [3.8, 4) is 5.75 Å². The summed E-state index contributed by atoms with van der Waals surface area (Å²) in [6, 6.07) is 3.75. The van der Waals surface area contributed by atoms with Crippen LogP contribution in [0, 0.1) is 13.8 Å². The fourth-order valence-corrected chi connectivity index (χ4v) is 1.22. The maximum absolute atomic E-state index is 9.41. The molecule has 0 saturated carbocycles. The zero-order valence-corrected chi connectivity index (χ0v) is 7.73. The van der Waals surface area contributed by atoms with Gasteiger partial charge in [0.1, 0.15) is 0 Å². The average molecular weight is 187 g/mol. The summed E-state index contributed by atoms with van der Waals surface area (Å²) in [5.41, 5.74) is 2.58. The molecule has 0 aliphatic carbocycles. The first-order valence-corrected chi connectivity index (χ1v) is 3.85. The van der Waals surface area contributed by atoms with E-state index in [9.17, 15) is 5.11 Å². The molecule has 0 amide bonds. The summed E-state index contributed by atoms with van der Waals surface area (Å²) in [5.74, 6) is 0.259. The zero-order chi connectivity index (χ0) is 8.43. The Morgan fingerprint density at radius 2 is 2.00 bits per heavy atom. The molecule has 1 aromatic carbocycles. The molecule has 0 heterocycles. The van der Waals surface area contributed by atoms with Crippen molar-refractivity contribution in [2.45, 2.75) is 13.8 Å². The van der Waals surface area contributed by atoms with Crippen molar-refractivity contribution in [2.75, 3.05) is 0 Å². The molecular formula is C8H9CrNO. The molecule has 1 rings (SSSR count). The zero-order valence-electron chi connectivity index (χ0n) is 6.46. The van der Waals surface area contributed by atoms with Crippen LogP contribution in [0.5, 0.6) is 5.75 Å². The molecule has 0 aliphatic rings. The Balaban J connectivity index is 3.35. The number of phenols is 1.